The molecule has 0 saturated carbocycles. The number of ether oxygens (including phenoxy) is 1. The first kappa shape index (κ1) is 10.3. The second-order valence-corrected chi connectivity index (χ2v) is 2.94. The second-order valence-electron chi connectivity index (χ2n) is 2.94. The predicted octanol–water partition coefficient (Wildman–Crippen LogP) is 1.47. The Morgan fingerprint density at radius 2 is 2.07 bits per heavy atom. The average Bonchev–Trinajstić information content (AvgIpc) is 2.18. The Morgan fingerprint density at radius 1 is 1.43 bits per heavy atom. The van der Waals surface area contributed by atoms with Crippen molar-refractivity contribution < 1.29 is 9.53 Å². The van der Waals surface area contributed by atoms with Gasteiger partial charge < -0.3 is 10.5 Å². The maximum Gasteiger partial charge on any atom is 0.332 e. The molecule has 1 rings (SSSR count). The van der Waals surface area contributed by atoms with E-state index >= 15 is 0 Å². The van der Waals surface area contributed by atoms with Gasteiger partial charge in [0.25, 0.3) is 0 Å². The Kier molecular flexibility index (Phi) is 3.29. The molecule has 0 radical (unpaired) electrons. The molecule has 0 amide bonds. The molecule has 1 aromatic rings. The van der Waals surface area contributed by atoms with Gasteiger partial charge in [0.2, 0.25) is 0 Å². The highest BCUT2D eigenvalue weighted by molar-refractivity contribution is 5.90. The summed E-state index contributed by atoms with van der Waals surface area (Å²) in [4.78, 5) is 10.9. The van der Waals surface area contributed by atoms with Crippen LogP contribution in [0.5, 0.6) is 0 Å². The molecule has 1 aromatic carbocycles. The summed E-state index contributed by atoms with van der Waals surface area (Å²) in [5.41, 5.74) is 8.05. The van der Waals surface area contributed by atoms with E-state index in [9.17, 15) is 4.79 Å². The molecule has 3 heteroatoms. The Balaban J connectivity index is 3.00. The summed E-state index contributed by atoms with van der Waals surface area (Å²) in [6.45, 7) is 1.94. The van der Waals surface area contributed by atoms with Gasteiger partial charge in [-0.05, 0) is 12.5 Å². The quantitative estimate of drug-likeness (QED) is 0.569. The van der Waals surface area contributed by atoms with E-state index in [2.05, 4.69) is 4.74 Å². The van der Waals surface area contributed by atoms with Crippen molar-refractivity contribution in [3.63, 3.8) is 0 Å². The molecule has 0 aliphatic rings. The second kappa shape index (κ2) is 4.46. The molecule has 0 aliphatic heterocycles. The summed E-state index contributed by atoms with van der Waals surface area (Å²) in [5, 5.41) is 0. The zero-order chi connectivity index (χ0) is 10.6. The molecule has 3 nitrogen and oxygen atoms in total. The zero-order valence-corrected chi connectivity index (χ0v) is 8.28. The van der Waals surface area contributed by atoms with E-state index in [4.69, 9.17) is 5.73 Å². The number of esters is 1. The lowest BCUT2D eigenvalue weighted by atomic mass is 10.1. The van der Waals surface area contributed by atoms with Gasteiger partial charge in [0.05, 0.1) is 7.11 Å². The third-order valence-electron chi connectivity index (χ3n) is 1.93. The highest BCUT2D eigenvalue weighted by atomic mass is 16.5. The number of carbonyl (C=O) groups excluding carboxylic acids is 1. The van der Waals surface area contributed by atoms with Crippen molar-refractivity contribution in [2.75, 3.05) is 7.11 Å². The van der Waals surface area contributed by atoms with Crippen molar-refractivity contribution in [3.05, 3.63) is 41.5 Å². The Bertz CT molecular complexity index is 369. The normalized spacial score (nSPS) is 11.1. The molecule has 0 unspecified atom stereocenters. The molecular weight excluding hydrogens is 178 g/mol. The van der Waals surface area contributed by atoms with Gasteiger partial charge in [-0.25, -0.2) is 4.79 Å². The predicted molar refractivity (Wildman–Crippen MR) is 55.4 cm³/mol. The summed E-state index contributed by atoms with van der Waals surface area (Å²) in [7, 11) is 1.32. The van der Waals surface area contributed by atoms with Gasteiger partial charge in [0, 0.05) is 17.3 Å². The van der Waals surface area contributed by atoms with Gasteiger partial charge in [-0.15, -0.1) is 0 Å². The first-order valence-corrected chi connectivity index (χ1v) is 4.26. The first-order chi connectivity index (χ1) is 6.65. The van der Waals surface area contributed by atoms with Crippen LogP contribution in [0.2, 0.25) is 0 Å². The molecule has 2 N–H and O–H groups in total. The standard InChI is InChI=1S/C11H13NO2/c1-8-5-3-4-6-9(8)10(12)7-11(13)14-2/h3-7H,12H2,1-2H3/b10-7-. The Hall–Kier alpha value is -1.77. The Morgan fingerprint density at radius 3 is 2.64 bits per heavy atom. The van der Waals surface area contributed by atoms with Crippen LogP contribution >= 0.6 is 0 Å². The highest BCUT2D eigenvalue weighted by Crippen LogP contribution is 2.13. The fourth-order valence-electron chi connectivity index (χ4n) is 1.16. The van der Waals surface area contributed by atoms with Crippen LogP contribution in [0.15, 0.2) is 30.3 Å². The third kappa shape index (κ3) is 2.36. The smallest absolute Gasteiger partial charge is 0.332 e. The van der Waals surface area contributed by atoms with E-state index in [0.29, 0.717) is 5.70 Å². The van der Waals surface area contributed by atoms with Gasteiger partial charge in [-0.1, -0.05) is 24.3 Å². The lowest BCUT2D eigenvalue weighted by molar-refractivity contribution is -0.134. The van der Waals surface area contributed by atoms with Crippen LogP contribution in [0, 0.1) is 6.92 Å². The molecule has 0 saturated heterocycles. The maximum atomic E-state index is 10.9. The SMILES string of the molecule is COC(=O)/C=C(\N)c1ccccc1C. The van der Waals surface area contributed by atoms with E-state index in [1.54, 1.807) is 0 Å². The molecule has 74 valence electrons. The van der Waals surface area contributed by atoms with Gasteiger partial charge in [-0.3, -0.25) is 0 Å². The van der Waals surface area contributed by atoms with Crippen LogP contribution in [0.1, 0.15) is 11.1 Å². The largest absolute Gasteiger partial charge is 0.466 e. The molecule has 0 fully saturated rings. The number of nitrogens with two attached hydrogens (primary N) is 1. The number of rotatable bonds is 2. The van der Waals surface area contributed by atoms with Crippen LogP contribution in [0.3, 0.4) is 0 Å². The van der Waals surface area contributed by atoms with Crippen LogP contribution in [-0.2, 0) is 9.53 Å². The summed E-state index contributed by atoms with van der Waals surface area (Å²) < 4.78 is 4.49. The van der Waals surface area contributed by atoms with Crippen molar-refractivity contribution in [1.29, 1.82) is 0 Å². The van der Waals surface area contributed by atoms with Gasteiger partial charge >= 0.3 is 5.97 Å². The van der Waals surface area contributed by atoms with Gasteiger partial charge in [0.1, 0.15) is 0 Å². The summed E-state index contributed by atoms with van der Waals surface area (Å²) in [6, 6.07) is 7.60. The Labute approximate surface area is 83.2 Å². The van der Waals surface area contributed by atoms with Crippen molar-refractivity contribution in [3.8, 4) is 0 Å². The fourth-order valence-corrected chi connectivity index (χ4v) is 1.16. The molecule has 0 bridgehead atoms. The summed E-state index contributed by atoms with van der Waals surface area (Å²) in [5.74, 6) is -0.439. The van der Waals surface area contributed by atoms with Gasteiger partial charge in [-0.2, -0.15) is 0 Å². The number of aryl methyl sites for hydroxylation is 1. The van der Waals surface area contributed by atoms with Crippen LogP contribution in [0.4, 0.5) is 0 Å². The van der Waals surface area contributed by atoms with Crippen molar-refractivity contribution in [2.45, 2.75) is 6.92 Å². The van der Waals surface area contributed by atoms with Gasteiger partial charge in [0.15, 0.2) is 0 Å². The maximum absolute atomic E-state index is 10.9. The molecule has 14 heavy (non-hydrogen) atoms. The number of methoxy groups -OCH3 is 1. The van der Waals surface area contributed by atoms with Crippen LogP contribution < -0.4 is 5.73 Å². The van der Waals surface area contributed by atoms with Crippen molar-refractivity contribution in [2.24, 2.45) is 5.73 Å². The summed E-state index contributed by atoms with van der Waals surface area (Å²) >= 11 is 0. The number of carbonyl (C=O) groups is 1. The van der Waals surface area contributed by atoms with E-state index in [-0.39, 0.29) is 0 Å². The monoisotopic (exact) mass is 191 g/mol. The molecule has 0 atom stereocenters. The number of hydrogen-bond donors (Lipinski definition) is 1. The highest BCUT2D eigenvalue weighted by Gasteiger charge is 2.02. The van der Waals surface area contributed by atoms with Crippen molar-refractivity contribution >= 4 is 11.7 Å². The van der Waals surface area contributed by atoms with Crippen LogP contribution in [0.25, 0.3) is 5.70 Å². The number of hydrogen-bond acceptors (Lipinski definition) is 3. The molecular formula is C11H13NO2. The zero-order valence-electron chi connectivity index (χ0n) is 8.28. The minimum atomic E-state index is -0.439. The van der Waals surface area contributed by atoms with Crippen LogP contribution in [-0.4, -0.2) is 13.1 Å². The third-order valence-corrected chi connectivity index (χ3v) is 1.93. The van der Waals surface area contributed by atoms with E-state index in [1.165, 1.54) is 13.2 Å². The molecule has 0 aliphatic carbocycles. The molecule has 0 aromatic heterocycles. The number of benzene rings is 1. The first-order valence-electron chi connectivity index (χ1n) is 4.26. The fraction of sp³-hybridized carbons (Fsp3) is 0.182. The lowest BCUT2D eigenvalue weighted by Gasteiger charge is -2.04. The van der Waals surface area contributed by atoms with Crippen molar-refractivity contribution in [1.82, 2.24) is 0 Å². The molecule has 0 heterocycles. The minimum absolute atomic E-state index is 0.426. The minimum Gasteiger partial charge on any atom is -0.466 e. The van der Waals surface area contributed by atoms with E-state index < -0.39 is 5.97 Å². The lowest BCUT2D eigenvalue weighted by Crippen LogP contribution is -2.04. The topological polar surface area (TPSA) is 52.3 Å². The molecule has 0 spiro atoms. The van der Waals surface area contributed by atoms with E-state index in [1.807, 2.05) is 31.2 Å². The summed E-state index contributed by atoms with van der Waals surface area (Å²) in [6.07, 6.45) is 1.28. The average molecular weight is 191 g/mol. The van der Waals surface area contributed by atoms with E-state index in [0.717, 1.165) is 11.1 Å².